The second-order valence-corrected chi connectivity index (χ2v) is 6.11. The third-order valence-electron chi connectivity index (χ3n) is 4.53. The Morgan fingerprint density at radius 1 is 1.26 bits per heavy atom. The molecule has 0 radical (unpaired) electrons. The van der Waals surface area contributed by atoms with Gasteiger partial charge in [-0.1, -0.05) is 29.4 Å². The molecule has 6 heteroatoms. The van der Waals surface area contributed by atoms with Crippen LogP contribution in [0.3, 0.4) is 0 Å². The number of nitrogens with zero attached hydrogens (tertiary/aromatic N) is 3. The van der Waals surface area contributed by atoms with E-state index in [1.54, 1.807) is 0 Å². The van der Waals surface area contributed by atoms with E-state index in [1.807, 2.05) is 7.05 Å². The van der Waals surface area contributed by atoms with Crippen molar-refractivity contribution < 1.29 is 4.52 Å². The summed E-state index contributed by atoms with van der Waals surface area (Å²) >= 11 is 0. The van der Waals surface area contributed by atoms with Gasteiger partial charge in [-0.25, -0.2) is 0 Å². The Kier molecular flexibility index (Phi) is 6.16. The Balaban J connectivity index is 0.00000192. The maximum Gasteiger partial charge on any atom is 0.243 e. The average molecular weight is 337 g/mol. The van der Waals surface area contributed by atoms with Gasteiger partial charge in [0, 0.05) is 25.6 Å². The summed E-state index contributed by atoms with van der Waals surface area (Å²) in [7, 11) is 1.94. The lowest BCUT2D eigenvalue weighted by molar-refractivity contribution is 0.158. The Morgan fingerprint density at radius 2 is 2.00 bits per heavy atom. The van der Waals surface area contributed by atoms with Crippen molar-refractivity contribution >= 4 is 12.4 Å². The molecule has 0 fully saturated rings. The van der Waals surface area contributed by atoms with Gasteiger partial charge >= 0.3 is 0 Å². The highest BCUT2D eigenvalue weighted by Crippen LogP contribution is 2.26. The molecular formula is C17H25ClN4O. The summed E-state index contributed by atoms with van der Waals surface area (Å²) < 4.78 is 5.48. The number of hydrogen-bond donors (Lipinski definition) is 1. The first-order valence-electron chi connectivity index (χ1n) is 7.98. The smallest absolute Gasteiger partial charge is 0.243 e. The Bertz CT molecular complexity index is 631. The van der Waals surface area contributed by atoms with Crippen LogP contribution in [0.5, 0.6) is 0 Å². The fourth-order valence-corrected chi connectivity index (χ4v) is 2.90. The molecule has 2 aromatic rings. The Labute approximate surface area is 143 Å². The zero-order valence-corrected chi connectivity index (χ0v) is 14.8. The number of rotatable bonds is 5. The molecule has 0 bridgehead atoms. The first-order valence-corrected chi connectivity index (χ1v) is 7.98. The van der Waals surface area contributed by atoms with Crippen LogP contribution >= 0.6 is 12.4 Å². The van der Waals surface area contributed by atoms with Crippen LogP contribution in [0.25, 0.3) is 0 Å². The molecule has 1 aliphatic rings. The van der Waals surface area contributed by atoms with E-state index in [2.05, 4.69) is 58.5 Å². The van der Waals surface area contributed by atoms with Crippen molar-refractivity contribution in [3.8, 4) is 0 Å². The largest absolute Gasteiger partial charge is 0.338 e. The van der Waals surface area contributed by atoms with Crippen LogP contribution < -0.4 is 5.32 Å². The van der Waals surface area contributed by atoms with Crippen LogP contribution in [-0.4, -0.2) is 34.7 Å². The molecule has 126 valence electrons. The molecule has 0 spiro atoms. The second-order valence-electron chi connectivity index (χ2n) is 6.11. The van der Waals surface area contributed by atoms with Gasteiger partial charge in [-0.05, 0) is 38.4 Å². The van der Waals surface area contributed by atoms with E-state index >= 15 is 0 Å². The number of benzene rings is 1. The summed E-state index contributed by atoms with van der Waals surface area (Å²) in [5.74, 6) is 1.50. The molecule has 1 aromatic carbocycles. The zero-order valence-electron chi connectivity index (χ0n) is 14.0. The molecule has 3 rings (SSSR count). The third-order valence-corrected chi connectivity index (χ3v) is 4.53. The van der Waals surface area contributed by atoms with Crippen molar-refractivity contribution in [1.29, 1.82) is 0 Å². The molecule has 0 saturated heterocycles. The molecule has 0 saturated carbocycles. The predicted molar refractivity (Wildman–Crippen MR) is 92.7 cm³/mol. The molecule has 2 atom stereocenters. The molecule has 0 amide bonds. The quantitative estimate of drug-likeness (QED) is 0.910. The standard InChI is InChI=1S/C17H24N4O.ClH/c1-12(18-3)10-16-19-17(22-20-16)13(2)21-9-8-14-6-4-5-7-15(14)11-21;/h4-7,12-13,18H,8-11H2,1-3H3;1H. The minimum absolute atomic E-state index is 0. The van der Waals surface area contributed by atoms with E-state index in [9.17, 15) is 0 Å². The molecular weight excluding hydrogens is 312 g/mol. The minimum atomic E-state index is 0. The molecule has 1 aliphatic heterocycles. The lowest BCUT2D eigenvalue weighted by Gasteiger charge is -2.31. The van der Waals surface area contributed by atoms with E-state index in [0.29, 0.717) is 6.04 Å². The summed E-state index contributed by atoms with van der Waals surface area (Å²) in [6.45, 7) is 6.23. The van der Waals surface area contributed by atoms with Gasteiger partial charge in [0.25, 0.3) is 0 Å². The van der Waals surface area contributed by atoms with Crippen LogP contribution in [-0.2, 0) is 19.4 Å². The predicted octanol–water partition coefficient (Wildman–Crippen LogP) is 2.76. The summed E-state index contributed by atoms with van der Waals surface area (Å²) in [5.41, 5.74) is 2.86. The van der Waals surface area contributed by atoms with Crippen LogP contribution in [0.15, 0.2) is 28.8 Å². The van der Waals surface area contributed by atoms with Crippen LogP contribution in [0, 0.1) is 0 Å². The van der Waals surface area contributed by atoms with Gasteiger partial charge < -0.3 is 9.84 Å². The third kappa shape index (κ3) is 4.10. The first kappa shape index (κ1) is 17.9. The van der Waals surface area contributed by atoms with Gasteiger partial charge in [-0.15, -0.1) is 12.4 Å². The molecule has 1 aromatic heterocycles. The Morgan fingerprint density at radius 3 is 2.74 bits per heavy atom. The number of aromatic nitrogens is 2. The fraction of sp³-hybridized carbons (Fsp3) is 0.529. The number of halogens is 1. The topological polar surface area (TPSA) is 54.2 Å². The van der Waals surface area contributed by atoms with Gasteiger partial charge in [0.05, 0.1) is 6.04 Å². The maximum atomic E-state index is 5.48. The van der Waals surface area contributed by atoms with Crippen molar-refractivity contribution in [3.05, 3.63) is 47.1 Å². The maximum absolute atomic E-state index is 5.48. The van der Waals surface area contributed by atoms with Crippen molar-refractivity contribution in [1.82, 2.24) is 20.4 Å². The van der Waals surface area contributed by atoms with Gasteiger partial charge in [0.2, 0.25) is 5.89 Å². The highest BCUT2D eigenvalue weighted by Gasteiger charge is 2.25. The van der Waals surface area contributed by atoms with Crippen molar-refractivity contribution in [2.45, 2.75) is 45.3 Å². The summed E-state index contributed by atoms with van der Waals surface area (Å²) in [4.78, 5) is 6.97. The molecule has 23 heavy (non-hydrogen) atoms. The second kappa shape index (κ2) is 7.90. The van der Waals surface area contributed by atoms with Crippen molar-refractivity contribution in [2.75, 3.05) is 13.6 Å². The van der Waals surface area contributed by atoms with E-state index in [4.69, 9.17) is 4.52 Å². The number of nitrogens with one attached hydrogen (secondary N) is 1. The highest BCUT2D eigenvalue weighted by atomic mass is 35.5. The average Bonchev–Trinajstić information content (AvgIpc) is 3.02. The van der Waals surface area contributed by atoms with Gasteiger partial charge in [-0.2, -0.15) is 4.98 Å². The number of likely N-dealkylation sites (N-methyl/N-ethyl adjacent to an activating group) is 1. The lowest BCUT2D eigenvalue weighted by Crippen LogP contribution is -2.33. The molecule has 2 heterocycles. The summed E-state index contributed by atoms with van der Waals surface area (Å²) in [6.07, 6.45) is 1.87. The van der Waals surface area contributed by atoms with Crippen molar-refractivity contribution in [3.63, 3.8) is 0 Å². The normalized spacial score (nSPS) is 17.2. The van der Waals surface area contributed by atoms with E-state index in [0.717, 1.165) is 37.6 Å². The van der Waals surface area contributed by atoms with E-state index in [1.165, 1.54) is 11.1 Å². The van der Waals surface area contributed by atoms with E-state index < -0.39 is 0 Å². The van der Waals surface area contributed by atoms with Gasteiger partial charge in [0.1, 0.15) is 0 Å². The van der Waals surface area contributed by atoms with Gasteiger partial charge in [0.15, 0.2) is 5.82 Å². The minimum Gasteiger partial charge on any atom is -0.338 e. The molecule has 1 N–H and O–H groups in total. The van der Waals surface area contributed by atoms with Crippen molar-refractivity contribution in [2.24, 2.45) is 0 Å². The van der Waals surface area contributed by atoms with Crippen LogP contribution in [0.2, 0.25) is 0 Å². The molecule has 5 nitrogen and oxygen atoms in total. The summed E-state index contributed by atoms with van der Waals surface area (Å²) in [5, 5.41) is 7.31. The summed E-state index contributed by atoms with van der Waals surface area (Å²) in [6, 6.07) is 9.16. The molecule has 0 aliphatic carbocycles. The molecule has 2 unspecified atom stereocenters. The number of hydrogen-bond acceptors (Lipinski definition) is 5. The lowest BCUT2D eigenvalue weighted by atomic mass is 9.99. The number of fused-ring (bicyclic) bond motifs is 1. The SMILES string of the molecule is CNC(C)Cc1noc(C(C)N2CCc3ccccc3C2)n1.Cl. The van der Waals surface area contributed by atoms with Crippen LogP contribution in [0.1, 0.15) is 42.7 Å². The monoisotopic (exact) mass is 336 g/mol. The fourth-order valence-electron chi connectivity index (χ4n) is 2.90. The van der Waals surface area contributed by atoms with Gasteiger partial charge in [-0.3, -0.25) is 4.90 Å². The van der Waals surface area contributed by atoms with Crippen LogP contribution in [0.4, 0.5) is 0 Å². The highest BCUT2D eigenvalue weighted by molar-refractivity contribution is 5.85. The Hall–Kier alpha value is -1.43. The van der Waals surface area contributed by atoms with E-state index in [-0.39, 0.29) is 18.4 Å². The first-order chi connectivity index (χ1) is 10.7. The zero-order chi connectivity index (χ0) is 15.5.